The van der Waals surface area contributed by atoms with Gasteiger partial charge in [-0.25, -0.2) is 4.39 Å². The lowest BCUT2D eigenvalue weighted by Crippen LogP contribution is -3.00. The summed E-state index contributed by atoms with van der Waals surface area (Å²) in [5.41, 5.74) is 1.81. The van der Waals surface area contributed by atoms with Crippen LogP contribution in [-0.2, 0) is 13.1 Å². The van der Waals surface area contributed by atoms with E-state index in [1.165, 1.54) is 6.07 Å². The third-order valence-corrected chi connectivity index (χ3v) is 3.89. The van der Waals surface area contributed by atoms with Crippen LogP contribution in [0.5, 0.6) is 5.75 Å². The van der Waals surface area contributed by atoms with E-state index in [0.717, 1.165) is 5.39 Å². The molecular weight excluding hydrogens is 354 g/mol. The molecule has 0 unspecified atom stereocenters. The Morgan fingerprint density at radius 1 is 1.08 bits per heavy atom. The quantitative estimate of drug-likeness (QED) is 0.628. The van der Waals surface area contributed by atoms with Gasteiger partial charge in [-0.3, -0.25) is 4.98 Å². The van der Waals surface area contributed by atoms with Crippen LogP contribution in [-0.4, -0.2) is 15.6 Å². The fourth-order valence-corrected chi connectivity index (χ4v) is 2.72. The zero-order valence-electron chi connectivity index (χ0n) is 12.6. The smallest absolute Gasteiger partial charge is 0.150 e. The Morgan fingerprint density at radius 2 is 1.79 bits per heavy atom. The highest BCUT2D eigenvalue weighted by atomic mass is 35.5. The molecule has 0 aliphatic heterocycles. The first kappa shape index (κ1) is 20.1. The summed E-state index contributed by atoms with van der Waals surface area (Å²) >= 11 is 6.23. The van der Waals surface area contributed by atoms with Crippen LogP contribution in [0.1, 0.15) is 11.1 Å². The van der Waals surface area contributed by atoms with Gasteiger partial charge < -0.3 is 28.3 Å². The molecule has 128 valence electrons. The molecule has 5 N–H and O–H groups in total. The molecule has 0 aliphatic carbocycles. The van der Waals surface area contributed by atoms with Gasteiger partial charge in [-0.1, -0.05) is 29.8 Å². The molecule has 3 rings (SSSR count). The van der Waals surface area contributed by atoms with E-state index in [2.05, 4.69) is 4.98 Å². The van der Waals surface area contributed by atoms with Crippen LogP contribution in [0.4, 0.5) is 4.39 Å². The molecule has 0 saturated heterocycles. The number of halogens is 3. The van der Waals surface area contributed by atoms with Crippen molar-refractivity contribution in [3.8, 4) is 5.75 Å². The van der Waals surface area contributed by atoms with Gasteiger partial charge in [-0.15, -0.1) is 0 Å². The molecule has 0 spiro atoms. The highest BCUT2D eigenvalue weighted by Gasteiger charge is 2.13. The third kappa shape index (κ3) is 4.13. The molecule has 3 aromatic rings. The minimum atomic E-state index is -0.221. The first-order valence-corrected chi connectivity index (χ1v) is 7.34. The second-order valence-corrected chi connectivity index (χ2v) is 5.46. The van der Waals surface area contributed by atoms with Crippen molar-refractivity contribution < 1.29 is 32.7 Å². The Labute approximate surface area is 150 Å². The van der Waals surface area contributed by atoms with Crippen LogP contribution in [0.3, 0.4) is 0 Å². The van der Waals surface area contributed by atoms with Crippen molar-refractivity contribution in [1.29, 1.82) is 0 Å². The highest BCUT2D eigenvalue weighted by molar-refractivity contribution is 6.35. The summed E-state index contributed by atoms with van der Waals surface area (Å²) in [4.78, 5) is 4.17. The number of aromatic hydroxyl groups is 1. The van der Waals surface area contributed by atoms with Crippen molar-refractivity contribution in [1.82, 2.24) is 4.98 Å². The first-order valence-electron chi connectivity index (χ1n) is 6.97. The van der Waals surface area contributed by atoms with E-state index in [9.17, 15) is 9.50 Å². The van der Waals surface area contributed by atoms with Crippen LogP contribution in [0.2, 0.25) is 5.02 Å². The number of hydrogen-bond donors (Lipinski definition) is 2. The largest absolute Gasteiger partial charge is 1.00 e. The SMILES string of the molecule is O.Oc1c(C[NH2+]Cc2ccccc2F)cc(Cl)c2cccnc12.[Cl-]. The fourth-order valence-electron chi connectivity index (χ4n) is 2.44. The zero-order valence-corrected chi connectivity index (χ0v) is 14.2. The summed E-state index contributed by atoms with van der Waals surface area (Å²) in [6.07, 6.45) is 1.62. The molecule has 24 heavy (non-hydrogen) atoms. The van der Waals surface area contributed by atoms with Crippen molar-refractivity contribution in [2.45, 2.75) is 13.1 Å². The lowest BCUT2D eigenvalue weighted by atomic mass is 10.1. The van der Waals surface area contributed by atoms with Gasteiger partial charge in [0.25, 0.3) is 0 Å². The predicted molar refractivity (Wildman–Crippen MR) is 87.8 cm³/mol. The Kier molecular flexibility index (Phi) is 7.38. The van der Waals surface area contributed by atoms with Crippen molar-refractivity contribution in [3.63, 3.8) is 0 Å². The molecule has 4 nitrogen and oxygen atoms in total. The highest BCUT2D eigenvalue weighted by Crippen LogP contribution is 2.32. The number of fused-ring (bicyclic) bond motifs is 1. The Balaban J connectivity index is 0.00000144. The standard InChI is InChI=1S/C17H14ClFN2O.ClH.H2O/c18-14-8-12(17(22)16-13(14)5-3-7-21-16)10-20-9-11-4-1-2-6-15(11)19;;/h1-8,20,22H,9-10H2;1H;1H2. The molecule has 7 heteroatoms. The second-order valence-electron chi connectivity index (χ2n) is 5.05. The zero-order chi connectivity index (χ0) is 15.5. The minimum absolute atomic E-state index is 0. The van der Waals surface area contributed by atoms with E-state index in [1.54, 1.807) is 36.5 Å². The number of aromatic nitrogens is 1. The summed E-state index contributed by atoms with van der Waals surface area (Å²) in [6, 6.07) is 12.0. The molecule has 0 fully saturated rings. The van der Waals surface area contributed by atoms with Gasteiger partial charge in [-0.05, 0) is 24.3 Å². The number of phenols is 1. The van der Waals surface area contributed by atoms with Crippen LogP contribution >= 0.6 is 11.6 Å². The molecule has 0 radical (unpaired) electrons. The molecule has 0 amide bonds. The van der Waals surface area contributed by atoms with Gasteiger partial charge in [0.05, 0.1) is 10.6 Å². The summed E-state index contributed by atoms with van der Waals surface area (Å²) in [5.74, 6) is -0.0917. The Morgan fingerprint density at radius 3 is 2.54 bits per heavy atom. The van der Waals surface area contributed by atoms with Gasteiger partial charge in [0.1, 0.15) is 24.4 Å². The molecule has 1 heterocycles. The van der Waals surface area contributed by atoms with Crippen LogP contribution in [0.25, 0.3) is 10.9 Å². The van der Waals surface area contributed by atoms with E-state index < -0.39 is 0 Å². The number of rotatable bonds is 4. The molecule has 1 aromatic heterocycles. The van der Waals surface area contributed by atoms with Gasteiger partial charge in [-0.2, -0.15) is 0 Å². The number of nitrogens with two attached hydrogens (primary N) is 1. The van der Waals surface area contributed by atoms with Gasteiger partial charge in [0.15, 0.2) is 5.75 Å². The fraction of sp³-hybridized carbons (Fsp3) is 0.118. The minimum Gasteiger partial charge on any atom is -1.00 e. The van der Waals surface area contributed by atoms with Gasteiger partial charge in [0, 0.05) is 17.1 Å². The Hall–Kier alpha value is -1.92. The summed E-state index contributed by atoms with van der Waals surface area (Å²) in [7, 11) is 0. The first-order chi connectivity index (χ1) is 10.7. The van der Waals surface area contributed by atoms with Gasteiger partial charge in [0.2, 0.25) is 0 Å². The monoisotopic (exact) mass is 370 g/mol. The van der Waals surface area contributed by atoms with Crippen molar-refractivity contribution in [2.75, 3.05) is 0 Å². The Bertz CT molecular complexity index is 831. The summed E-state index contributed by atoms with van der Waals surface area (Å²) < 4.78 is 13.6. The van der Waals surface area contributed by atoms with E-state index in [4.69, 9.17) is 11.6 Å². The van der Waals surface area contributed by atoms with Gasteiger partial charge >= 0.3 is 0 Å². The topological polar surface area (TPSA) is 81.2 Å². The summed E-state index contributed by atoms with van der Waals surface area (Å²) in [5, 5.41) is 13.5. The normalized spacial score (nSPS) is 10.1. The number of phenolic OH excluding ortho intramolecular Hbond substituents is 1. The molecule has 0 atom stereocenters. The number of hydrogen-bond acceptors (Lipinski definition) is 2. The maximum Gasteiger partial charge on any atom is 0.150 e. The third-order valence-electron chi connectivity index (χ3n) is 3.58. The molecule has 0 saturated carbocycles. The lowest BCUT2D eigenvalue weighted by molar-refractivity contribution is -0.686. The average Bonchev–Trinajstić information content (AvgIpc) is 2.54. The van der Waals surface area contributed by atoms with Crippen molar-refractivity contribution in [2.24, 2.45) is 0 Å². The van der Waals surface area contributed by atoms with E-state index >= 15 is 0 Å². The summed E-state index contributed by atoms with van der Waals surface area (Å²) in [6.45, 7) is 0.983. The number of benzene rings is 2. The number of nitrogens with zero attached hydrogens (tertiary/aromatic N) is 1. The van der Waals surface area contributed by atoms with Crippen LogP contribution in [0, 0.1) is 5.82 Å². The number of quaternary nitrogens is 1. The molecule has 2 aromatic carbocycles. The van der Waals surface area contributed by atoms with Crippen LogP contribution in [0.15, 0.2) is 48.7 Å². The predicted octanol–water partition coefficient (Wildman–Crippen LogP) is -0.824. The van der Waals surface area contributed by atoms with Crippen molar-refractivity contribution in [3.05, 3.63) is 70.6 Å². The average molecular weight is 371 g/mol. The van der Waals surface area contributed by atoms with Crippen molar-refractivity contribution >= 4 is 22.5 Å². The molecule has 0 bridgehead atoms. The van der Waals surface area contributed by atoms with E-state index in [-0.39, 0.29) is 29.4 Å². The second kappa shape index (κ2) is 8.80. The molecule has 0 aliphatic rings. The maximum absolute atomic E-state index is 13.6. The lowest BCUT2D eigenvalue weighted by Gasteiger charge is -2.09. The van der Waals surface area contributed by atoms with E-state index in [0.29, 0.717) is 34.8 Å². The molecular formula is C17H17Cl2FN2O2. The number of pyridine rings is 1. The maximum atomic E-state index is 13.6. The van der Waals surface area contributed by atoms with E-state index in [1.807, 2.05) is 11.4 Å². The van der Waals surface area contributed by atoms with Crippen LogP contribution < -0.4 is 17.7 Å².